The Hall–Kier alpha value is -5.69. The third kappa shape index (κ3) is 4.16. The monoisotopic (exact) mass is 533 g/mol. The van der Waals surface area contributed by atoms with Crippen molar-refractivity contribution in [2.45, 2.75) is 5.92 Å². The molecule has 1 aromatic heterocycles. The number of hydrogen-bond donors (Lipinski definition) is 1. The number of aromatic nitrogens is 2. The van der Waals surface area contributed by atoms with Gasteiger partial charge in [0.1, 0.15) is 17.8 Å². The van der Waals surface area contributed by atoms with Gasteiger partial charge < -0.3 is 15.2 Å². The largest absolute Gasteiger partial charge is 0.466 e. The van der Waals surface area contributed by atoms with E-state index in [4.69, 9.17) is 15.2 Å². The fourth-order valence-electron chi connectivity index (χ4n) is 4.86. The third-order valence-corrected chi connectivity index (χ3v) is 6.66. The first-order valence-electron chi connectivity index (χ1n) is 12.1. The molecule has 4 aromatic rings. The van der Waals surface area contributed by atoms with E-state index < -0.39 is 23.8 Å². The van der Waals surface area contributed by atoms with E-state index in [9.17, 15) is 19.6 Å². The van der Waals surface area contributed by atoms with Crippen molar-refractivity contribution in [1.82, 2.24) is 9.55 Å². The Morgan fingerprint density at radius 2 is 1.55 bits per heavy atom. The summed E-state index contributed by atoms with van der Waals surface area (Å²) in [6.07, 6.45) is 1.41. The smallest absolute Gasteiger partial charge is 0.355 e. The lowest BCUT2D eigenvalue weighted by atomic mass is 9.80. The minimum absolute atomic E-state index is 0.00501. The Morgan fingerprint density at radius 3 is 2.25 bits per heavy atom. The molecule has 1 aliphatic heterocycles. The number of carbonyl (C=O) groups is 3. The first kappa shape index (κ1) is 25.9. The minimum Gasteiger partial charge on any atom is -0.466 e. The lowest BCUT2D eigenvalue weighted by Crippen LogP contribution is -2.41. The Kier molecular flexibility index (Phi) is 6.87. The number of imidazole rings is 1. The zero-order valence-corrected chi connectivity index (χ0v) is 21.6. The highest BCUT2D eigenvalue weighted by atomic mass is 16.5. The first-order valence-corrected chi connectivity index (χ1v) is 12.1. The van der Waals surface area contributed by atoms with Crippen LogP contribution in [0.1, 0.15) is 21.8 Å². The molecule has 0 bridgehead atoms. The summed E-state index contributed by atoms with van der Waals surface area (Å²) in [5.74, 6) is -3.39. The normalized spacial score (nSPS) is 15.1. The highest BCUT2D eigenvalue weighted by molar-refractivity contribution is 6.10. The number of benzene rings is 3. The van der Waals surface area contributed by atoms with Gasteiger partial charge in [0.05, 0.1) is 59.6 Å². The number of nitriles is 1. The van der Waals surface area contributed by atoms with E-state index in [0.29, 0.717) is 16.6 Å². The van der Waals surface area contributed by atoms with Crippen LogP contribution in [0.5, 0.6) is 0 Å². The van der Waals surface area contributed by atoms with Gasteiger partial charge in [-0.2, -0.15) is 5.26 Å². The summed E-state index contributed by atoms with van der Waals surface area (Å²) in [7, 11) is 2.33. The van der Waals surface area contributed by atoms with Crippen molar-refractivity contribution in [2.75, 3.05) is 19.1 Å². The van der Waals surface area contributed by atoms with Crippen molar-refractivity contribution in [3.8, 4) is 6.07 Å². The number of ether oxygens (including phenoxy) is 2. The van der Waals surface area contributed by atoms with Gasteiger partial charge in [-0.25, -0.2) is 14.6 Å². The molecule has 2 heterocycles. The van der Waals surface area contributed by atoms with Crippen LogP contribution in [0.25, 0.3) is 11.0 Å². The summed E-state index contributed by atoms with van der Waals surface area (Å²) in [5.41, 5.74) is 8.21. The standard InChI is InChI=1S/C30H23N5O5/c1-39-29(37)25-24(18-10-4-3-5-11-18)20(16-31)27(32)35(26(25)30(38)40-2)22-14-8-6-12-19(22)28(36)34-17-33-21-13-7-9-15-23(21)34/h3-15,17,24H,32H2,1-2H3. The first-order chi connectivity index (χ1) is 19.4. The average molecular weight is 534 g/mol. The second kappa shape index (κ2) is 10.6. The molecule has 0 radical (unpaired) electrons. The Balaban J connectivity index is 1.80. The predicted octanol–water partition coefficient (Wildman–Crippen LogP) is 3.62. The molecular weight excluding hydrogens is 510 g/mol. The van der Waals surface area contributed by atoms with Crippen molar-refractivity contribution in [1.29, 1.82) is 5.26 Å². The average Bonchev–Trinajstić information content (AvgIpc) is 3.44. The van der Waals surface area contributed by atoms with E-state index >= 15 is 0 Å². The number of nitrogens with two attached hydrogens (primary N) is 1. The summed E-state index contributed by atoms with van der Waals surface area (Å²) in [6, 6.07) is 24.3. The second-order valence-corrected chi connectivity index (χ2v) is 8.76. The van der Waals surface area contributed by atoms with Crippen LogP contribution in [0.3, 0.4) is 0 Å². The SMILES string of the molecule is COC(=O)C1=C(C(=O)OC)N(c2ccccc2C(=O)n2cnc3ccccc32)C(N)=C(C#N)C1c1ccccc1. The fraction of sp³-hybridized carbons (Fsp3) is 0.100. The summed E-state index contributed by atoms with van der Waals surface area (Å²) < 4.78 is 11.5. The summed E-state index contributed by atoms with van der Waals surface area (Å²) in [5, 5.41) is 10.3. The van der Waals surface area contributed by atoms with Gasteiger partial charge in [0.2, 0.25) is 0 Å². The van der Waals surface area contributed by atoms with Gasteiger partial charge in [-0.05, 0) is 29.8 Å². The van der Waals surface area contributed by atoms with Gasteiger partial charge >= 0.3 is 11.9 Å². The topological polar surface area (TPSA) is 141 Å². The van der Waals surface area contributed by atoms with Crippen LogP contribution in [0.2, 0.25) is 0 Å². The molecule has 2 N–H and O–H groups in total. The number of methoxy groups -OCH3 is 2. The molecule has 5 rings (SSSR count). The van der Waals surface area contributed by atoms with Gasteiger partial charge in [0.15, 0.2) is 0 Å². The van der Waals surface area contributed by atoms with Crippen LogP contribution in [-0.2, 0) is 19.1 Å². The molecule has 0 amide bonds. The molecule has 0 aliphatic carbocycles. The van der Waals surface area contributed by atoms with E-state index in [1.165, 1.54) is 22.9 Å². The van der Waals surface area contributed by atoms with E-state index in [-0.39, 0.29) is 33.9 Å². The molecule has 1 unspecified atom stereocenters. The molecule has 1 atom stereocenters. The number of esters is 2. The molecule has 0 spiro atoms. The lowest BCUT2D eigenvalue weighted by molar-refractivity contribution is -0.139. The number of allylic oxidation sites excluding steroid dienone is 1. The summed E-state index contributed by atoms with van der Waals surface area (Å²) >= 11 is 0. The Morgan fingerprint density at radius 1 is 0.900 bits per heavy atom. The second-order valence-electron chi connectivity index (χ2n) is 8.76. The molecular formula is C30H23N5O5. The number of anilines is 1. The molecule has 0 fully saturated rings. The number of carbonyl (C=O) groups excluding carboxylic acids is 3. The van der Waals surface area contributed by atoms with Crippen molar-refractivity contribution in [2.24, 2.45) is 5.73 Å². The molecule has 10 nitrogen and oxygen atoms in total. The number of fused-ring (bicyclic) bond motifs is 1. The van der Waals surface area contributed by atoms with Gasteiger partial charge in [-0.3, -0.25) is 14.3 Å². The number of hydrogen-bond acceptors (Lipinski definition) is 9. The van der Waals surface area contributed by atoms with Gasteiger partial charge in [0.25, 0.3) is 5.91 Å². The number of para-hydroxylation sites is 3. The van der Waals surface area contributed by atoms with Crippen LogP contribution < -0.4 is 10.6 Å². The van der Waals surface area contributed by atoms with E-state index in [1.54, 1.807) is 72.8 Å². The zero-order valence-electron chi connectivity index (χ0n) is 21.6. The minimum atomic E-state index is -1.02. The van der Waals surface area contributed by atoms with Crippen LogP contribution in [0.4, 0.5) is 5.69 Å². The molecule has 40 heavy (non-hydrogen) atoms. The molecule has 3 aromatic carbocycles. The fourth-order valence-corrected chi connectivity index (χ4v) is 4.86. The van der Waals surface area contributed by atoms with Crippen molar-refractivity contribution >= 4 is 34.6 Å². The Labute approximate surface area is 229 Å². The van der Waals surface area contributed by atoms with E-state index in [2.05, 4.69) is 11.1 Å². The molecule has 0 saturated carbocycles. The van der Waals surface area contributed by atoms with Crippen LogP contribution >= 0.6 is 0 Å². The molecule has 10 heteroatoms. The highest BCUT2D eigenvalue weighted by Crippen LogP contribution is 2.44. The molecule has 1 aliphatic rings. The van der Waals surface area contributed by atoms with Gasteiger partial charge in [-0.15, -0.1) is 0 Å². The van der Waals surface area contributed by atoms with Crippen molar-refractivity contribution in [3.05, 3.63) is 119 Å². The summed E-state index contributed by atoms with van der Waals surface area (Å²) in [6.45, 7) is 0. The Bertz CT molecular complexity index is 1760. The van der Waals surface area contributed by atoms with Crippen LogP contribution in [-0.4, -0.2) is 41.6 Å². The maximum atomic E-state index is 13.9. The quantitative estimate of drug-likeness (QED) is 0.381. The number of nitrogens with zero attached hydrogens (tertiary/aromatic N) is 4. The van der Waals surface area contributed by atoms with E-state index in [0.717, 1.165) is 7.11 Å². The maximum Gasteiger partial charge on any atom is 0.355 e. The van der Waals surface area contributed by atoms with Crippen LogP contribution in [0, 0.1) is 11.3 Å². The number of rotatable bonds is 5. The lowest BCUT2D eigenvalue weighted by Gasteiger charge is -2.36. The van der Waals surface area contributed by atoms with E-state index in [1.807, 2.05) is 6.07 Å². The van der Waals surface area contributed by atoms with Crippen LogP contribution in [0.15, 0.2) is 108 Å². The molecule has 0 saturated heterocycles. The third-order valence-electron chi connectivity index (χ3n) is 6.66. The van der Waals surface area contributed by atoms with Crippen molar-refractivity contribution in [3.63, 3.8) is 0 Å². The highest BCUT2D eigenvalue weighted by Gasteiger charge is 2.43. The van der Waals surface area contributed by atoms with Crippen molar-refractivity contribution < 1.29 is 23.9 Å². The zero-order chi connectivity index (χ0) is 28.4. The van der Waals surface area contributed by atoms with Gasteiger partial charge in [-0.1, -0.05) is 54.6 Å². The maximum absolute atomic E-state index is 13.9. The van der Waals surface area contributed by atoms with Gasteiger partial charge in [0, 0.05) is 0 Å². The molecule has 198 valence electrons. The predicted molar refractivity (Wildman–Crippen MR) is 145 cm³/mol. The summed E-state index contributed by atoms with van der Waals surface area (Å²) in [4.78, 5) is 46.1.